The molecule has 0 fully saturated rings. The Labute approximate surface area is 175 Å². The first-order valence-corrected chi connectivity index (χ1v) is 9.96. The Kier molecular flexibility index (Phi) is 6.86. The zero-order valence-corrected chi connectivity index (χ0v) is 17.3. The molecule has 2 amide bonds. The van der Waals surface area contributed by atoms with Crippen molar-refractivity contribution >= 4 is 39.9 Å². The van der Waals surface area contributed by atoms with Gasteiger partial charge in [-0.15, -0.1) is 0 Å². The maximum absolute atomic E-state index is 12.2. The molecule has 0 saturated heterocycles. The number of benzene rings is 3. The number of nitrogens with one attached hydrogen (secondary N) is 2. The summed E-state index contributed by atoms with van der Waals surface area (Å²) in [4.78, 5) is 24.3. The van der Waals surface area contributed by atoms with E-state index in [0.29, 0.717) is 10.7 Å². The van der Waals surface area contributed by atoms with E-state index in [1.54, 1.807) is 18.2 Å². The summed E-state index contributed by atoms with van der Waals surface area (Å²) in [5.41, 5.74) is 2.63. The highest BCUT2D eigenvalue weighted by atomic mass is 35.5. The summed E-state index contributed by atoms with van der Waals surface area (Å²) in [6.45, 7) is 4.07. The second-order valence-electron chi connectivity index (χ2n) is 7.03. The summed E-state index contributed by atoms with van der Waals surface area (Å²) in [5.74, 6) is -0.471. The number of hydrogen-bond acceptors (Lipinski definition) is 2. The minimum Gasteiger partial charge on any atom is -0.342 e. The highest BCUT2D eigenvalue weighted by Crippen LogP contribution is 2.23. The van der Waals surface area contributed by atoms with Gasteiger partial charge in [0.05, 0.1) is 6.54 Å². The number of nitrogens with two attached hydrogens (primary N) is 1. The average molecular weight is 411 g/mol. The third kappa shape index (κ3) is 5.34. The first-order chi connectivity index (χ1) is 14.0. The third-order valence-electron chi connectivity index (χ3n) is 4.96. The van der Waals surface area contributed by atoms with Gasteiger partial charge in [-0.1, -0.05) is 60.1 Å². The standard InChI is InChI=1S/C23H24ClN3O2/c1-15-20(24)11-6-12-21(15)27-23(29)14-26-22(28)13-25-16(2)18-10-5-8-17-7-3-4-9-19(17)18/h3-12,16,25H,13-14H2,1-2H3,(H,26,28)(H,27,29)/p+1/t16-/m1/s1. The van der Waals surface area contributed by atoms with Crippen molar-refractivity contribution in [3.8, 4) is 0 Å². The molecule has 0 aromatic heterocycles. The Morgan fingerprint density at radius 3 is 2.55 bits per heavy atom. The van der Waals surface area contributed by atoms with Crippen molar-refractivity contribution in [3.63, 3.8) is 0 Å². The zero-order chi connectivity index (χ0) is 20.8. The van der Waals surface area contributed by atoms with Crippen LogP contribution in [0.25, 0.3) is 10.8 Å². The van der Waals surface area contributed by atoms with Crippen molar-refractivity contribution in [1.82, 2.24) is 5.32 Å². The SMILES string of the molecule is Cc1c(Cl)cccc1NC(=O)CNC(=O)C[NH2+][C@H](C)c1cccc2ccccc12. The summed E-state index contributed by atoms with van der Waals surface area (Å²) in [7, 11) is 0. The summed E-state index contributed by atoms with van der Waals surface area (Å²) >= 11 is 6.06. The lowest BCUT2D eigenvalue weighted by molar-refractivity contribution is -0.682. The van der Waals surface area contributed by atoms with E-state index in [2.05, 4.69) is 41.8 Å². The zero-order valence-electron chi connectivity index (χ0n) is 16.5. The molecule has 0 bridgehead atoms. The Morgan fingerprint density at radius 2 is 1.72 bits per heavy atom. The Bertz CT molecular complexity index is 1030. The number of halogens is 1. The van der Waals surface area contributed by atoms with E-state index in [9.17, 15) is 9.59 Å². The topological polar surface area (TPSA) is 74.8 Å². The van der Waals surface area contributed by atoms with Gasteiger partial charge in [-0.25, -0.2) is 0 Å². The van der Waals surface area contributed by atoms with Crippen molar-refractivity contribution in [2.45, 2.75) is 19.9 Å². The smallest absolute Gasteiger partial charge is 0.275 e. The van der Waals surface area contributed by atoms with Crippen molar-refractivity contribution in [2.75, 3.05) is 18.4 Å². The molecule has 5 nitrogen and oxygen atoms in total. The molecule has 3 aromatic carbocycles. The molecule has 1 atom stereocenters. The molecule has 150 valence electrons. The number of fused-ring (bicyclic) bond motifs is 1. The number of carbonyl (C=O) groups is 2. The number of rotatable bonds is 7. The van der Waals surface area contributed by atoms with E-state index in [0.717, 1.165) is 5.56 Å². The van der Waals surface area contributed by atoms with Gasteiger partial charge in [-0.05, 0) is 42.3 Å². The minimum atomic E-state index is -0.286. The quantitative estimate of drug-likeness (QED) is 0.559. The molecule has 0 radical (unpaired) electrons. The van der Waals surface area contributed by atoms with Crippen LogP contribution >= 0.6 is 11.6 Å². The van der Waals surface area contributed by atoms with Gasteiger partial charge in [-0.3, -0.25) is 9.59 Å². The molecule has 0 unspecified atom stereocenters. The fourth-order valence-electron chi connectivity index (χ4n) is 3.25. The van der Waals surface area contributed by atoms with Crippen molar-refractivity contribution in [3.05, 3.63) is 76.8 Å². The van der Waals surface area contributed by atoms with Crippen LogP contribution in [0.15, 0.2) is 60.7 Å². The summed E-state index contributed by atoms with van der Waals surface area (Å²) in [6.07, 6.45) is 0. The summed E-state index contributed by atoms with van der Waals surface area (Å²) in [5, 5.41) is 10.4. The number of carbonyl (C=O) groups excluding carboxylic acids is 2. The third-order valence-corrected chi connectivity index (χ3v) is 5.37. The van der Waals surface area contributed by atoms with Crippen molar-refractivity contribution in [1.29, 1.82) is 0 Å². The van der Waals surface area contributed by atoms with Crippen LogP contribution in [0, 0.1) is 6.92 Å². The fraction of sp³-hybridized carbons (Fsp3) is 0.217. The second kappa shape index (κ2) is 9.54. The number of amides is 2. The maximum atomic E-state index is 12.2. The van der Waals surface area contributed by atoms with Crippen molar-refractivity contribution < 1.29 is 14.9 Å². The molecule has 0 saturated carbocycles. The monoisotopic (exact) mass is 410 g/mol. The highest BCUT2D eigenvalue weighted by molar-refractivity contribution is 6.31. The first kappa shape index (κ1) is 20.8. The van der Waals surface area contributed by atoms with Crippen LogP contribution in [-0.2, 0) is 9.59 Å². The van der Waals surface area contributed by atoms with Gasteiger partial charge in [-0.2, -0.15) is 0 Å². The van der Waals surface area contributed by atoms with Gasteiger partial charge in [0.15, 0.2) is 6.54 Å². The summed E-state index contributed by atoms with van der Waals surface area (Å²) < 4.78 is 0. The molecule has 0 aliphatic rings. The molecule has 29 heavy (non-hydrogen) atoms. The molecule has 3 rings (SSSR count). The molecular formula is C23H25ClN3O2+. The van der Waals surface area contributed by atoms with E-state index < -0.39 is 0 Å². The highest BCUT2D eigenvalue weighted by Gasteiger charge is 2.15. The molecule has 4 N–H and O–H groups in total. The Hall–Kier alpha value is -2.89. The van der Waals surface area contributed by atoms with Gasteiger partial charge >= 0.3 is 0 Å². The van der Waals surface area contributed by atoms with Gasteiger partial charge in [0, 0.05) is 16.3 Å². The molecule has 6 heteroatoms. The van der Waals surface area contributed by atoms with E-state index in [-0.39, 0.29) is 30.9 Å². The number of quaternary nitrogens is 1. The van der Waals surface area contributed by atoms with Crippen LogP contribution in [0.1, 0.15) is 24.1 Å². The fourth-order valence-corrected chi connectivity index (χ4v) is 3.42. The number of anilines is 1. The van der Waals surface area contributed by atoms with Crippen LogP contribution in [0.4, 0.5) is 5.69 Å². The molecule has 3 aromatic rings. The lowest BCUT2D eigenvalue weighted by Gasteiger charge is -2.14. The molecular weight excluding hydrogens is 386 g/mol. The number of hydrogen-bond donors (Lipinski definition) is 3. The predicted molar refractivity (Wildman–Crippen MR) is 117 cm³/mol. The average Bonchev–Trinajstić information content (AvgIpc) is 2.73. The predicted octanol–water partition coefficient (Wildman–Crippen LogP) is 3.18. The van der Waals surface area contributed by atoms with Crippen LogP contribution in [0.2, 0.25) is 5.02 Å². The molecule has 0 aliphatic heterocycles. The van der Waals surface area contributed by atoms with Crippen LogP contribution in [0.3, 0.4) is 0 Å². The lowest BCUT2D eigenvalue weighted by atomic mass is 10.00. The molecule has 0 aliphatic carbocycles. The summed E-state index contributed by atoms with van der Waals surface area (Å²) in [6, 6.07) is 19.8. The van der Waals surface area contributed by atoms with E-state index >= 15 is 0 Å². The van der Waals surface area contributed by atoms with Gasteiger partial charge in [0.25, 0.3) is 5.91 Å². The van der Waals surface area contributed by atoms with Gasteiger partial charge in [0.1, 0.15) is 6.04 Å². The van der Waals surface area contributed by atoms with E-state index in [1.165, 1.54) is 16.3 Å². The van der Waals surface area contributed by atoms with Gasteiger partial charge < -0.3 is 16.0 Å². The van der Waals surface area contributed by atoms with Crippen LogP contribution in [-0.4, -0.2) is 24.9 Å². The van der Waals surface area contributed by atoms with E-state index in [4.69, 9.17) is 11.6 Å². The largest absolute Gasteiger partial charge is 0.342 e. The lowest BCUT2D eigenvalue weighted by Crippen LogP contribution is -2.87. The first-order valence-electron chi connectivity index (χ1n) is 9.58. The van der Waals surface area contributed by atoms with Crippen LogP contribution in [0.5, 0.6) is 0 Å². The Morgan fingerprint density at radius 1 is 1.00 bits per heavy atom. The minimum absolute atomic E-state index is 0.0821. The molecule has 0 heterocycles. The second-order valence-corrected chi connectivity index (χ2v) is 7.44. The Balaban J connectivity index is 1.49. The maximum Gasteiger partial charge on any atom is 0.275 e. The van der Waals surface area contributed by atoms with Crippen LogP contribution < -0.4 is 16.0 Å². The normalized spacial score (nSPS) is 11.8. The van der Waals surface area contributed by atoms with Gasteiger partial charge in [0.2, 0.25) is 5.91 Å². The van der Waals surface area contributed by atoms with Crippen molar-refractivity contribution in [2.24, 2.45) is 0 Å². The van der Waals surface area contributed by atoms with E-state index in [1.807, 2.05) is 30.4 Å². The molecule has 0 spiro atoms.